The third-order valence-corrected chi connectivity index (χ3v) is 6.98. The molecule has 0 fully saturated rings. The Morgan fingerprint density at radius 3 is 1.72 bits per heavy atom. The molecule has 0 saturated heterocycles. The number of nitrogen functional groups attached to an aromatic ring is 4. The van der Waals surface area contributed by atoms with Crippen LogP contribution in [-0.4, -0.2) is 0 Å². The lowest BCUT2D eigenvalue weighted by Crippen LogP contribution is -2.31. The molecule has 2 atom stereocenters. The van der Waals surface area contributed by atoms with Crippen LogP contribution in [0.2, 0.25) is 0 Å². The number of rotatable bonds is 3. The molecule has 0 amide bonds. The standard InChI is InChI=1S/C28H28N4/c1-27(18-8-4-2-5-9-18)17-28(19-10-6-3-7-11-19,20-12-21(29)14-22(30)13-20)26-24(27)15-23(31)16-25(26)32/h2-16H,17,29-32H2,1H3. The number of benzene rings is 4. The van der Waals surface area contributed by atoms with Crippen LogP contribution in [0.3, 0.4) is 0 Å². The molecule has 0 aromatic heterocycles. The zero-order valence-corrected chi connectivity index (χ0v) is 18.2. The van der Waals surface area contributed by atoms with Crippen molar-refractivity contribution in [3.8, 4) is 0 Å². The zero-order valence-electron chi connectivity index (χ0n) is 18.2. The average molecular weight is 421 g/mol. The van der Waals surface area contributed by atoms with Crippen LogP contribution >= 0.6 is 0 Å². The smallest absolute Gasteiger partial charge is 0.0487 e. The normalized spacial score (nSPS) is 21.9. The van der Waals surface area contributed by atoms with Crippen molar-refractivity contribution in [3.63, 3.8) is 0 Å². The van der Waals surface area contributed by atoms with E-state index in [1.807, 2.05) is 30.3 Å². The van der Waals surface area contributed by atoms with Gasteiger partial charge in [-0.2, -0.15) is 0 Å². The third kappa shape index (κ3) is 2.83. The van der Waals surface area contributed by atoms with Gasteiger partial charge in [-0.3, -0.25) is 0 Å². The first-order chi connectivity index (χ1) is 15.3. The highest BCUT2D eigenvalue weighted by atomic mass is 14.7. The third-order valence-electron chi connectivity index (χ3n) is 6.98. The number of anilines is 4. The second kappa shape index (κ2) is 7.06. The quantitative estimate of drug-likeness (QED) is 0.348. The summed E-state index contributed by atoms with van der Waals surface area (Å²) in [6, 6.07) is 30.8. The number of hydrogen-bond acceptors (Lipinski definition) is 4. The summed E-state index contributed by atoms with van der Waals surface area (Å²) in [5.41, 5.74) is 33.1. The average Bonchev–Trinajstić information content (AvgIpc) is 3.05. The minimum absolute atomic E-state index is 0.310. The van der Waals surface area contributed by atoms with Crippen molar-refractivity contribution >= 4 is 22.7 Å². The molecule has 0 aliphatic heterocycles. The van der Waals surface area contributed by atoms with E-state index in [1.54, 1.807) is 6.07 Å². The van der Waals surface area contributed by atoms with E-state index in [-0.39, 0.29) is 5.41 Å². The van der Waals surface area contributed by atoms with Crippen molar-refractivity contribution < 1.29 is 0 Å². The van der Waals surface area contributed by atoms with Gasteiger partial charge in [0.1, 0.15) is 0 Å². The Hall–Kier alpha value is -3.92. The maximum absolute atomic E-state index is 6.76. The van der Waals surface area contributed by atoms with Gasteiger partial charge in [-0.15, -0.1) is 0 Å². The summed E-state index contributed by atoms with van der Waals surface area (Å²) in [4.78, 5) is 0. The van der Waals surface area contributed by atoms with Crippen molar-refractivity contribution in [1.29, 1.82) is 0 Å². The number of nitrogens with two attached hydrogens (primary N) is 4. The Balaban J connectivity index is 1.93. The highest BCUT2D eigenvalue weighted by Crippen LogP contribution is 2.60. The summed E-state index contributed by atoms with van der Waals surface area (Å²) in [5, 5.41) is 0. The van der Waals surface area contributed by atoms with Gasteiger partial charge in [0.2, 0.25) is 0 Å². The summed E-state index contributed by atoms with van der Waals surface area (Å²) in [6.07, 6.45) is 0.778. The van der Waals surface area contributed by atoms with Gasteiger partial charge in [-0.05, 0) is 64.6 Å². The minimum Gasteiger partial charge on any atom is -0.399 e. The fourth-order valence-electron chi connectivity index (χ4n) is 5.68. The van der Waals surface area contributed by atoms with Gasteiger partial charge >= 0.3 is 0 Å². The maximum atomic E-state index is 6.76. The van der Waals surface area contributed by atoms with E-state index < -0.39 is 5.41 Å². The van der Waals surface area contributed by atoms with Gasteiger partial charge in [0, 0.05) is 33.6 Å². The molecular formula is C28H28N4. The van der Waals surface area contributed by atoms with Crippen LogP contribution in [0.25, 0.3) is 0 Å². The Morgan fingerprint density at radius 2 is 1.12 bits per heavy atom. The Labute approximate surface area is 188 Å². The first kappa shape index (κ1) is 20.0. The molecule has 0 heterocycles. The monoisotopic (exact) mass is 420 g/mol. The molecule has 160 valence electrons. The molecule has 1 aliphatic carbocycles. The molecule has 4 aromatic carbocycles. The molecule has 0 spiro atoms. The fourth-order valence-corrected chi connectivity index (χ4v) is 5.68. The molecule has 1 aliphatic rings. The van der Waals surface area contributed by atoms with Gasteiger partial charge in [-0.25, -0.2) is 0 Å². The van der Waals surface area contributed by atoms with Gasteiger partial charge in [0.25, 0.3) is 0 Å². The highest BCUT2D eigenvalue weighted by molar-refractivity contribution is 5.75. The highest BCUT2D eigenvalue weighted by Gasteiger charge is 2.53. The Kier molecular flexibility index (Phi) is 4.41. The van der Waals surface area contributed by atoms with Crippen molar-refractivity contribution in [2.75, 3.05) is 22.9 Å². The fraction of sp³-hybridized carbons (Fsp3) is 0.143. The second-order valence-electron chi connectivity index (χ2n) is 9.07. The summed E-state index contributed by atoms with van der Waals surface area (Å²) in [6.45, 7) is 2.28. The lowest BCUT2D eigenvalue weighted by molar-refractivity contribution is 0.473. The lowest BCUT2D eigenvalue weighted by atomic mass is 9.67. The van der Waals surface area contributed by atoms with E-state index >= 15 is 0 Å². The van der Waals surface area contributed by atoms with E-state index in [1.165, 1.54) is 5.56 Å². The van der Waals surface area contributed by atoms with Gasteiger partial charge in [0.15, 0.2) is 0 Å². The number of fused-ring (bicyclic) bond motifs is 1. The van der Waals surface area contributed by atoms with E-state index in [0.29, 0.717) is 22.7 Å². The van der Waals surface area contributed by atoms with Gasteiger partial charge in [-0.1, -0.05) is 67.6 Å². The zero-order chi connectivity index (χ0) is 22.5. The predicted octanol–water partition coefficient (Wildman–Crippen LogP) is 5.06. The Morgan fingerprint density at radius 1 is 0.594 bits per heavy atom. The topological polar surface area (TPSA) is 104 Å². The molecular weight excluding hydrogens is 392 g/mol. The Bertz CT molecular complexity index is 1280. The summed E-state index contributed by atoms with van der Waals surface area (Å²) in [5.74, 6) is 0. The van der Waals surface area contributed by atoms with E-state index in [9.17, 15) is 0 Å². The number of hydrogen-bond donors (Lipinski definition) is 4. The van der Waals surface area contributed by atoms with Crippen LogP contribution in [0, 0.1) is 0 Å². The molecule has 0 bridgehead atoms. The van der Waals surface area contributed by atoms with E-state index in [0.717, 1.165) is 28.7 Å². The molecule has 4 aromatic rings. The van der Waals surface area contributed by atoms with Crippen LogP contribution in [0.5, 0.6) is 0 Å². The van der Waals surface area contributed by atoms with E-state index in [2.05, 4.69) is 61.5 Å². The minimum atomic E-state index is -0.525. The molecule has 0 radical (unpaired) electrons. The van der Waals surface area contributed by atoms with Crippen molar-refractivity contribution in [2.45, 2.75) is 24.2 Å². The summed E-state index contributed by atoms with van der Waals surface area (Å²) < 4.78 is 0. The van der Waals surface area contributed by atoms with Crippen molar-refractivity contribution in [3.05, 3.63) is 119 Å². The molecule has 4 heteroatoms. The lowest BCUT2D eigenvalue weighted by Gasteiger charge is -2.35. The van der Waals surface area contributed by atoms with Crippen molar-refractivity contribution in [1.82, 2.24) is 0 Å². The molecule has 32 heavy (non-hydrogen) atoms. The van der Waals surface area contributed by atoms with Crippen LogP contribution in [0.1, 0.15) is 41.2 Å². The summed E-state index contributed by atoms with van der Waals surface area (Å²) >= 11 is 0. The molecule has 2 unspecified atom stereocenters. The second-order valence-corrected chi connectivity index (χ2v) is 9.07. The predicted molar refractivity (Wildman–Crippen MR) is 134 cm³/mol. The van der Waals surface area contributed by atoms with E-state index in [4.69, 9.17) is 22.9 Å². The molecule has 4 nitrogen and oxygen atoms in total. The first-order valence-electron chi connectivity index (χ1n) is 10.8. The van der Waals surface area contributed by atoms with Gasteiger partial charge < -0.3 is 22.9 Å². The molecule has 5 rings (SSSR count). The van der Waals surface area contributed by atoms with Crippen LogP contribution in [-0.2, 0) is 10.8 Å². The van der Waals surface area contributed by atoms with Crippen LogP contribution < -0.4 is 22.9 Å². The molecule has 8 N–H and O–H groups in total. The first-order valence-corrected chi connectivity index (χ1v) is 10.8. The van der Waals surface area contributed by atoms with Crippen LogP contribution in [0.4, 0.5) is 22.7 Å². The van der Waals surface area contributed by atoms with Gasteiger partial charge in [0.05, 0.1) is 0 Å². The largest absolute Gasteiger partial charge is 0.399 e. The van der Waals surface area contributed by atoms with Crippen molar-refractivity contribution in [2.24, 2.45) is 0 Å². The summed E-state index contributed by atoms with van der Waals surface area (Å²) in [7, 11) is 0. The maximum Gasteiger partial charge on any atom is 0.0487 e. The molecule has 0 saturated carbocycles. The van der Waals surface area contributed by atoms with Crippen LogP contribution in [0.15, 0.2) is 91.0 Å². The SMILES string of the molecule is CC1(c2ccccc2)CC(c2ccccc2)(c2cc(N)cc(N)c2)c2c(N)cc(N)cc21.